The number of amides is 1. The lowest BCUT2D eigenvalue weighted by molar-refractivity contribution is -0.140. The molecule has 0 atom stereocenters. The van der Waals surface area contributed by atoms with Crippen molar-refractivity contribution < 1.29 is 27.1 Å². The van der Waals surface area contributed by atoms with Crippen molar-refractivity contribution in [3.05, 3.63) is 64.3 Å². The van der Waals surface area contributed by atoms with Crippen LogP contribution >= 0.6 is 0 Å². The maximum Gasteiger partial charge on any atom is 0.406 e. The predicted octanol–water partition coefficient (Wildman–Crippen LogP) is 2.93. The molecule has 0 bridgehead atoms. The van der Waals surface area contributed by atoms with Gasteiger partial charge < -0.3 is 14.6 Å². The second-order valence-electron chi connectivity index (χ2n) is 6.77. The number of fused-ring (bicyclic) bond motifs is 1. The Morgan fingerprint density at radius 3 is 2.62 bits per heavy atom. The predicted molar refractivity (Wildman–Crippen MR) is 95.3 cm³/mol. The van der Waals surface area contributed by atoms with Crippen molar-refractivity contribution in [2.24, 2.45) is 0 Å². The summed E-state index contributed by atoms with van der Waals surface area (Å²) in [6.45, 7) is -0.831. The number of nitrogens with one attached hydrogen (secondary N) is 1. The Kier molecular flexibility index (Phi) is 4.56. The highest BCUT2D eigenvalue weighted by Crippen LogP contribution is 2.23. The number of hydrogen-bond donors (Lipinski definition) is 1. The third-order valence-electron chi connectivity index (χ3n) is 4.59. The van der Waals surface area contributed by atoms with Crippen LogP contribution in [0.4, 0.5) is 17.6 Å². The van der Waals surface area contributed by atoms with E-state index in [1.54, 1.807) is 6.07 Å². The molecule has 10 heteroatoms. The zero-order chi connectivity index (χ0) is 20.8. The number of H-pyrrole nitrogens is 1. The zero-order valence-electron chi connectivity index (χ0n) is 14.9. The molecule has 1 saturated heterocycles. The summed E-state index contributed by atoms with van der Waals surface area (Å²) in [6.07, 6.45) is -4.82. The number of aromatic nitrogens is 2. The van der Waals surface area contributed by atoms with Gasteiger partial charge in [-0.25, -0.2) is 9.18 Å². The Hall–Kier alpha value is -3.30. The average molecular weight is 409 g/mol. The molecule has 3 aromatic rings. The van der Waals surface area contributed by atoms with E-state index < -0.39 is 24.2 Å². The molecule has 0 spiro atoms. The summed E-state index contributed by atoms with van der Waals surface area (Å²) in [6, 6.07) is 9.73. The highest BCUT2D eigenvalue weighted by molar-refractivity contribution is 5.97. The topological polar surface area (TPSA) is 67.3 Å². The van der Waals surface area contributed by atoms with Crippen LogP contribution in [0, 0.1) is 5.82 Å². The minimum Gasteiger partial charge on any atom is -0.487 e. The van der Waals surface area contributed by atoms with Crippen molar-refractivity contribution >= 4 is 16.9 Å². The summed E-state index contributed by atoms with van der Waals surface area (Å²) in [5, 5.41) is 0. The number of benzene rings is 2. The van der Waals surface area contributed by atoms with E-state index in [4.69, 9.17) is 4.74 Å². The normalized spacial score (nSPS) is 14.8. The van der Waals surface area contributed by atoms with E-state index in [9.17, 15) is 27.2 Å². The highest BCUT2D eigenvalue weighted by atomic mass is 19.4. The smallest absolute Gasteiger partial charge is 0.406 e. The molecule has 0 aliphatic carbocycles. The quantitative estimate of drug-likeness (QED) is 0.674. The molecule has 152 valence electrons. The van der Waals surface area contributed by atoms with Gasteiger partial charge in [0.1, 0.15) is 24.2 Å². The molecule has 29 heavy (non-hydrogen) atoms. The number of carbonyl (C=O) groups excluding carboxylic acids is 1. The Bertz CT molecular complexity index is 1130. The molecule has 2 heterocycles. The molecular weight excluding hydrogens is 394 g/mol. The van der Waals surface area contributed by atoms with E-state index >= 15 is 0 Å². The molecule has 1 aromatic heterocycles. The van der Waals surface area contributed by atoms with Crippen LogP contribution in [-0.4, -0.2) is 45.7 Å². The fourth-order valence-electron chi connectivity index (χ4n) is 3.23. The van der Waals surface area contributed by atoms with Gasteiger partial charge in [0, 0.05) is 11.6 Å². The Morgan fingerprint density at radius 2 is 1.93 bits per heavy atom. The van der Waals surface area contributed by atoms with Gasteiger partial charge in [0.05, 0.1) is 24.1 Å². The maximum atomic E-state index is 13.2. The maximum absolute atomic E-state index is 13.2. The van der Waals surface area contributed by atoms with Crippen LogP contribution in [0.1, 0.15) is 10.4 Å². The van der Waals surface area contributed by atoms with Crippen molar-refractivity contribution in [1.82, 2.24) is 14.5 Å². The lowest BCUT2D eigenvalue weighted by atomic mass is 10.1. The molecule has 0 radical (unpaired) electrons. The van der Waals surface area contributed by atoms with E-state index in [1.165, 1.54) is 41.3 Å². The van der Waals surface area contributed by atoms with Gasteiger partial charge >= 0.3 is 11.9 Å². The molecule has 0 unspecified atom stereocenters. The van der Waals surface area contributed by atoms with Crippen molar-refractivity contribution in [3.8, 4) is 5.75 Å². The number of carbonyl (C=O) groups is 1. The summed E-state index contributed by atoms with van der Waals surface area (Å²) in [5.74, 6) is -0.392. The van der Waals surface area contributed by atoms with Crippen LogP contribution in [0.15, 0.2) is 47.3 Å². The number of nitrogens with zero attached hydrogens (tertiary/aromatic N) is 2. The standard InChI is InChI=1S/C19H15F4N3O3/c20-12-2-1-3-13(7-12)29-14-8-25(9-14)17(27)11-4-5-16-15(6-11)24-18(28)26(16)10-19(21,22)23/h1-7,14H,8-10H2,(H,24,28). The molecule has 1 amide bonds. The Morgan fingerprint density at radius 1 is 1.17 bits per heavy atom. The van der Waals surface area contributed by atoms with Crippen molar-refractivity contribution in [2.75, 3.05) is 13.1 Å². The monoisotopic (exact) mass is 409 g/mol. The van der Waals surface area contributed by atoms with Gasteiger partial charge in [-0.05, 0) is 30.3 Å². The molecule has 2 aromatic carbocycles. The minimum absolute atomic E-state index is 0.0693. The van der Waals surface area contributed by atoms with Gasteiger partial charge in [-0.3, -0.25) is 9.36 Å². The number of imidazole rings is 1. The van der Waals surface area contributed by atoms with Gasteiger partial charge in [-0.2, -0.15) is 13.2 Å². The van der Waals surface area contributed by atoms with Gasteiger partial charge in [0.25, 0.3) is 5.91 Å². The Balaban J connectivity index is 1.45. The SMILES string of the molecule is O=C(c1ccc2c(c1)[nH]c(=O)n2CC(F)(F)F)N1CC(Oc2cccc(F)c2)C1. The Labute approximate surface area is 161 Å². The lowest BCUT2D eigenvalue weighted by Gasteiger charge is -2.39. The van der Waals surface area contributed by atoms with E-state index in [1.807, 2.05) is 0 Å². The van der Waals surface area contributed by atoms with Crippen molar-refractivity contribution in [1.29, 1.82) is 0 Å². The summed E-state index contributed by atoms with van der Waals surface area (Å²) >= 11 is 0. The minimum atomic E-state index is -4.54. The van der Waals surface area contributed by atoms with E-state index in [-0.39, 0.29) is 28.6 Å². The number of ether oxygens (including phenoxy) is 1. The van der Waals surface area contributed by atoms with Crippen LogP contribution in [-0.2, 0) is 6.54 Å². The van der Waals surface area contributed by atoms with Gasteiger partial charge in [0.2, 0.25) is 0 Å². The fourth-order valence-corrected chi connectivity index (χ4v) is 3.23. The molecule has 1 aliphatic heterocycles. The van der Waals surface area contributed by atoms with E-state index in [0.717, 1.165) is 0 Å². The van der Waals surface area contributed by atoms with Gasteiger partial charge in [-0.1, -0.05) is 6.07 Å². The second-order valence-corrected chi connectivity index (χ2v) is 6.77. The molecule has 6 nitrogen and oxygen atoms in total. The molecule has 1 N–H and O–H groups in total. The largest absolute Gasteiger partial charge is 0.487 e. The molecule has 1 aliphatic rings. The fraction of sp³-hybridized carbons (Fsp3) is 0.263. The zero-order valence-corrected chi connectivity index (χ0v) is 14.9. The average Bonchev–Trinajstić information content (AvgIpc) is 2.90. The number of hydrogen-bond acceptors (Lipinski definition) is 3. The van der Waals surface area contributed by atoms with Crippen LogP contribution in [0.3, 0.4) is 0 Å². The summed E-state index contributed by atoms with van der Waals surface area (Å²) < 4.78 is 57.3. The molecule has 0 saturated carbocycles. The molecular formula is C19H15F4N3O3. The first kappa shape index (κ1) is 19.0. The highest BCUT2D eigenvalue weighted by Gasteiger charge is 2.33. The lowest BCUT2D eigenvalue weighted by Crippen LogP contribution is -2.56. The third kappa shape index (κ3) is 3.96. The van der Waals surface area contributed by atoms with E-state index in [2.05, 4.69) is 4.98 Å². The van der Waals surface area contributed by atoms with Crippen LogP contribution in [0.5, 0.6) is 5.75 Å². The number of alkyl halides is 3. The van der Waals surface area contributed by atoms with Crippen LogP contribution in [0.25, 0.3) is 11.0 Å². The number of likely N-dealkylation sites (tertiary alicyclic amines) is 1. The molecule has 4 rings (SSSR count). The third-order valence-corrected chi connectivity index (χ3v) is 4.59. The first-order chi connectivity index (χ1) is 13.7. The first-order valence-corrected chi connectivity index (χ1v) is 8.70. The van der Waals surface area contributed by atoms with Crippen LogP contribution < -0.4 is 10.4 Å². The van der Waals surface area contributed by atoms with Gasteiger partial charge in [-0.15, -0.1) is 0 Å². The van der Waals surface area contributed by atoms with Crippen LogP contribution in [0.2, 0.25) is 0 Å². The number of halogens is 4. The van der Waals surface area contributed by atoms with Crippen molar-refractivity contribution in [2.45, 2.75) is 18.8 Å². The summed E-state index contributed by atoms with van der Waals surface area (Å²) in [4.78, 5) is 28.2. The van der Waals surface area contributed by atoms with Crippen molar-refractivity contribution in [3.63, 3.8) is 0 Å². The van der Waals surface area contributed by atoms with E-state index in [0.29, 0.717) is 23.4 Å². The number of aromatic amines is 1. The second kappa shape index (κ2) is 6.94. The first-order valence-electron chi connectivity index (χ1n) is 8.70. The van der Waals surface area contributed by atoms with Gasteiger partial charge in [0.15, 0.2) is 0 Å². The summed E-state index contributed by atoms with van der Waals surface area (Å²) in [7, 11) is 0. The number of rotatable bonds is 4. The summed E-state index contributed by atoms with van der Waals surface area (Å²) in [5.41, 5.74) is -0.436. The molecule has 1 fully saturated rings.